The van der Waals surface area contributed by atoms with Crippen molar-refractivity contribution >= 4 is 16.8 Å². The van der Waals surface area contributed by atoms with Gasteiger partial charge in [0, 0.05) is 30.6 Å². The summed E-state index contributed by atoms with van der Waals surface area (Å²) in [5.74, 6) is -0.232. The second-order valence-electron chi connectivity index (χ2n) is 4.05. The summed E-state index contributed by atoms with van der Waals surface area (Å²) in [7, 11) is 1.44. The van der Waals surface area contributed by atoms with Crippen LogP contribution in [0.5, 0.6) is 5.75 Å². The molecule has 4 nitrogen and oxygen atoms in total. The van der Waals surface area contributed by atoms with Crippen molar-refractivity contribution in [2.24, 2.45) is 0 Å². The van der Waals surface area contributed by atoms with Crippen molar-refractivity contribution in [3.8, 4) is 5.75 Å². The molecule has 1 aromatic heterocycles. The number of aromatic nitrogens is 1. The zero-order chi connectivity index (χ0) is 13.1. The highest BCUT2D eigenvalue weighted by molar-refractivity contribution is 5.85. The predicted molar refractivity (Wildman–Crippen MR) is 67.2 cm³/mol. The highest BCUT2D eigenvalue weighted by Crippen LogP contribution is 2.28. The van der Waals surface area contributed by atoms with E-state index in [-0.39, 0.29) is 17.5 Å². The number of amides is 1. The zero-order valence-electron chi connectivity index (χ0n) is 10.3. The molecule has 1 aromatic carbocycles. The number of ether oxygens (including phenoxy) is 1. The minimum atomic E-state index is -0.367. The Morgan fingerprint density at radius 3 is 2.94 bits per heavy atom. The van der Waals surface area contributed by atoms with Crippen molar-refractivity contribution < 1.29 is 13.9 Å². The lowest BCUT2D eigenvalue weighted by atomic mass is 10.1. The van der Waals surface area contributed by atoms with Crippen molar-refractivity contribution in [3.05, 3.63) is 29.7 Å². The molecule has 0 spiro atoms. The molecule has 1 amide bonds. The van der Waals surface area contributed by atoms with Crippen molar-refractivity contribution in [2.75, 3.05) is 13.7 Å². The van der Waals surface area contributed by atoms with Crippen LogP contribution >= 0.6 is 0 Å². The van der Waals surface area contributed by atoms with Crippen molar-refractivity contribution in [3.63, 3.8) is 0 Å². The van der Waals surface area contributed by atoms with Gasteiger partial charge >= 0.3 is 0 Å². The van der Waals surface area contributed by atoms with E-state index in [2.05, 4.69) is 10.3 Å². The molecule has 0 atom stereocenters. The molecule has 0 saturated carbocycles. The highest BCUT2D eigenvalue weighted by atomic mass is 19.1. The van der Waals surface area contributed by atoms with Gasteiger partial charge in [0.2, 0.25) is 5.91 Å². The van der Waals surface area contributed by atoms with Gasteiger partial charge in [0.1, 0.15) is 0 Å². The largest absolute Gasteiger partial charge is 0.494 e. The van der Waals surface area contributed by atoms with Crippen LogP contribution in [-0.2, 0) is 11.2 Å². The van der Waals surface area contributed by atoms with Gasteiger partial charge in [-0.25, -0.2) is 4.39 Å². The molecule has 2 N–H and O–H groups in total. The molecule has 2 aromatic rings. The van der Waals surface area contributed by atoms with Crippen LogP contribution in [0.3, 0.4) is 0 Å². The number of rotatable bonds is 4. The first-order chi connectivity index (χ1) is 8.63. The minimum Gasteiger partial charge on any atom is -0.494 e. The molecule has 1 heterocycles. The Hall–Kier alpha value is -2.04. The van der Waals surface area contributed by atoms with Crippen molar-refractivity contribution in [1.82, 2.24) is 10.3 Å². The van der Waals surface area contributed by atoms with E-state index in [1.807, 2.05) is 0 Å². The van der Waals surface area contributed by atoms with Crippen LogP contribution in [0.15, 0.2) is 18.3 Å². The first kappa shape index (κ1) is 12.4. The average Bonchev–Trinajstić information content (AvgIpc) is 2.73. The number of fused-ring (bicyclic) bond motifs is 1. The number of aromatic amines is 1. The maximum atomic E-state index is 14.1. The number of methoxy groups -OCH3 is 1. The molecular formula is C13H15FN2O2. The number of halogens is 1. The molecule has 0 aliphatic carbocycles. The van der Waals surface area contributed by atoms with Crippen LogP contribution < -0.4 is 10.1 Å². The van der Waals surface area contributed by atoms with Crippen molar-refractivity contribution in [2.45, 2.75) is 13.3 Å². The van der Waals surface area contributed by atoms with Crippen molar-refractivity contribution in [1.29, 1.82) is 0 Å². The van der Waals surface area contributed by atoms with Crippen LogP contribution in [0, 0.1) is 5.82 Å². The lowest BCUT2D eigenvalue weighted by Gasteiger charge is -2.05. The van der Waals surface area contributed by atoms with E-state index in [0.29, 0.717) is 18.4 Å². The Morgan fingerprint density at radius 1 is 1.50 bits per heavy atom. The number of hydrogen-bond acceptors (Lipinski definition) is 2. The average molecular weight is 250 g/mol. The van der Waals surface area contributed by atoms with Gasteiger partial charge in [-0.1, -0.05) is 0 Å². The SMILES string of the molecule is COc1ccc2[nH]cc(CCNC(C)=O)c2c1F. The summed E-state index contributed by atoms with van der Waals surface area (Å²) in [6.45, 7) is 1.94. The second kappa shape index (κ2) is 5.08. The van der Waals surface area contributed by atoms with Gasteiger partial charge in [-0.15, -0.1) is 0 Å². The topological polar surface area (TPSA) is 54.1 Å². The summed E-state index contributed by atoms with van der Waals surface area (Å²) in [4.78, 5) is 13.8. The Labute approximate surface area is 104 Å². The maximum absolute atomic E-state index is 14.1. The monoisotopic (exact) mass is 250 g/mol. The normalized spacial score (nSPS) is 10.6. The van der Waals surface area contributed by atoms with Gasteiger partial charge in [0.15, 0.2) is 11.6 Å². The van der Waals surface area contributed by atoms with Gasteiger partial charge in [-0.2, -0.15) is 0 Å². The van der Waals surface area contributed by atoms with Gasteiger partial charge in [0.25, 0.3) is 0 Å². The molecule has 0 aliphatic heterocycles. The summed E-state index contributed by atoms with van der Waals surface area (Å²) < 4.78 is 19.1. The third-order valence-electron chi connectivity index (χ3n) is 2.82. The quantitative estimate of drug-likeness (QED) is 0.872. The maximum Gasteiger partial charge on any atom is 0.216 e. The third kappa shape index (κ3) is 2.30. The van der Waals surface area contributed by atoms with E-state index >= 15 is 0 Å². The number of nitrogens with one attached hydrogen (secondary N) is 2. The Morgan fingerprint density at radius 2 is 2.28 bits per heavy atom. The summed E-state index contributed by atoms with van der Waals surface area (Å²) in [5.41, 5.74) is 1.56. The smallest absolute Gasteiger partial charge is 0.216 e. The first-order valence-corrected chi connectivity index (χ1v) is 5.70. The molecule has 2 rings (SSSR count). The Balaban J connectivity index is 2.30. The van der Waals surface area contributed by atoms with E-state index in [1.165, 1.54) is 14.0 Å². The van der Waals surface area contributed by atoms with E-state index < -0.39 is 0 Å². The standard InChI is InChI=1S/C13H15FN2O2/c1-8(17)15-6-5-9-7-16-10-3-4-11(18-2)13(14)12(9)10/h3-4,7,16H,5-6H2,1-2H3,(H,15,17). The van der Waals surface area contributed by atoms with E-state index in [1.54, 1.807) is 18.3 Å². The lowest BCUT2D eigenvalue weighted by molar-refractivity contribution is -0.118. The number of H-pyrrole nitrogens is 1. The molecule has 96 valence electrons. The molecule has 18 heavy (non-hydrogen) atoms. The number of hydrogen-bond donors (Lipinski definition) is 2. The van der Waals surface area contributed by atoms with Crippen LogP contribution in [0.4, 0.5) is 4.39 Å². The molecule has 0 fully saturated rings. The van der Waals surface area contributed by atoms with E-state index in [4.69, 9.17) is 4.74 Å². The summed E-state index contributed by atoms with van der Waals surface area (Å²) in [6.07, 6.45) is 2.33. The molecular weight excluding hydrogens is 235 g/mol. The van der Waals surface area contributed by atoms with E-state index in [9.17, 15) is 9.18 Å². The second-order valence-corrected chi connectivity index (χ2v) is 4.05. The van der Waals surface area contributed by atoms with Gasteiger partial charge in [0.05, 0.1) is 7.11 Å². The number of benzene rings is 1. The fourth-order valence-electron chi connectivity index (χ4n) is 1.96. The van der Waals surface area contributed by atoms with Crippen LogP contribution in [0.1, 0.15) is 12.5 Å². The molecule has 0 radical (unpaired) electrons. The van der Waals surface area contributed by atoms with Gasteiger partial charge in [-0.3, -0.25) is 4.79 Å². The predicted octanol–water partition coefficient (Wildman–Crippen LogP) is 1.99. The third-order valence-corrected chi connectivity index (χ3v) is 2.82. The molecule has 0 saturated heterocycles. The van der Waals surface area contributed by atoms with Crippen LogP contribution in [0.25, 0.3) is 10.9 Å². The lowest BCUT2D eigenvalue weighted by Crippen LogP contribution is -2.22. The Bertz CT molecular complexity index is 578. The minimum absolute atomic E-state index is 0.0899. The fourth-order valence-corrected chi connectivity index (χ4v) is 1.96. The zero-order valence-corrected chi connectivity index (χ0v) is 10.3. The van der Waals surface area contributed by atoms with Gasteiger partial charge in [-0.05, 0) is 24.1 Å². The summed E-state index contributed by atoms with van der Waals surface area (Å²) in [6, 6.07) is 3.37. The fraction of sp³-hybridized carbons (Fsp3) is 0.308. The van der Waals surface area contributed by atoms with Gasteiger partial charge < -0.3 is 15.0 Å². The summed E-state index contributed by atoms with van der Waals surface area (Å²) >= 11 is 0. The highest BCUT2D eigenvalue weighted by Gasteiger charge is 2.13. The number of carbonyl (C=O) groups excluding carboxylic acids is 1. The van der Waals surface area contributed by atoms with E-state index in [0.717, 1.165) is 11.1 Å². The van der Waals surface area contributed by atoms with Crippen LogP contribution in [-0.4, -0.2) is 24.5 Å². The van der Waals surface area contributed by atoms with Crippen LogP contribution in [0.2, 0.25) is 0 Å². The molecule has 0 bridgehead atoms. The first-order valence-electron chi connectivity index (χ1n) is 5.70. The molecule has 0 unspecified atom stereocenters. The Kier molecular flexibility index (Phi) is 3.50. The summed E-state index contributed by atoms with van der Waals surface area (Å²) in [5, 5.41) is 3.22. The number of carbonyl (C=O) groups is 1. The molecule has 0 aliphatic rings. The molecule has 5 heteroatoms.